The van der Waals surface area contributed by atoms with Crippen molar-refractivity contribution in [2.45, 2.75) is 45.7 Å². The molecule has 1 fully saturated rings. The van der Waals surface area contributed by atoms with Crippen molar-refractivity contribution in [3.63, 3.8) is 0 Å². The third kappa shape index (κ3) is 4.76. The number of aromatic nitrogens is 1. The first-order valence-corrected chi connectivity index (χ1v) is 11.6. The fourth-order valence-corrected chi connectivity index (χ4v) is 4.79. The van der Waals surface area contributed by atoms with Crippen LogP contribution in [0.15, 0.2) is 54.6 Å². The van der Waals surface area contributed by atoms with Crippen molar-refractivity contribution < 1.29 is 4.79 Å². The zero-order valence-electron chi connectivity index (χ0n) is 18.4. The van der Waals surface area contributed by atoms with E-state index in [1.165, 1.54) is 0 Å². The van der Waals surface area contributed by atoms with Crippen molar-refractivity contribution in [2.75, 3.05) is 19.6 Å². The van der Waals surface area contributed by atoms with Crippen LogP contribution >= 0.6 is 11.6 Å². The van der Waals surface area contributed by atoms with Crippen LogP contribution in [-0.4, -0.2) is 46.4 Å². The summed E-state index contributed by atoms with van der Waals surface area (Å²) in [7, 11) is 0. The summed E-state index contributed by atoms with van der Waals surface area (Å²) in [5, 5.41) is 1.89. The van der Waals surface area contributed by atoms with E-state index in [-0.39, 0.29) is 5.91 Å². The van der Waals surface area contributed by atoms with E-state index in [4.69, 9.17) is 16.6 Å². The summed E-state index contributed by atoms with van der Waals surface area (Å²) in [5.41, 5.74) is 3.82. The minimum absolute atomic E-state index is 0.135. The highest BCUT2D eigenvalue weighted by Crippen LogP contribution is 2.29. The zero-order chi connectivity index (χ0) is 21.8. The summed E-state index contributed by atoms with van der Waals surface area (Å²) in [4.78, 5) is 22.2. The minimum Gasteiger partial charge on any atom is -0.339 e. The van der Waals surface area contributed by atoms with E-state index in [1.807, 2.05) is 47.4 Å². The third-order valence-electron chi connectivity index (χ3n) is 6.30. The molecule has 2 aromatic carbocycles. The number of para-hydroxylation sites is 1. The lowest BCUT2D eigenvalue weighted by Gasteiger charge is -2.38. The molecule has 31 heavy (non-hydrogen) atoms. The molecule has 0 bridgehead atoms. The topological polar surface area (TPSA) is 36.4 Å². The molecule has 1 aliphatic rings. The Kier molecular flexibility index (Phi) is 6.89. The Morgan fingerprint density at radius 1 is 1.10 bits per heavy atom. The molecular formula is C26H30ClN3O. The number of benzene rings is 2. The van der Waals surface area contributed by atoms with Crippen LogP contribution < -0.4 is 0 Å². The first-order valence-electron chi connectivity index (χ1n) is 11.2. The van der Waals surface area contributed by atoms with Crippen LogP contribution in [0.3, 0.4) is 0 Å². The van der Waals surface area contributed by atoms with Crippen LogP contribution in [0.1, 0.15) is 47.8 Å². The molecule has 0 atom stereocenters. The second-order valence-corrected chi connectivity index (χ2v) is 8.75. The molecule has 0 radical (unpaired) electrons. The van der Waals surface area contributed by atoms with E-state index in [0.717, 1.165) is 78.2 Å². The molecule has 1 saturated heterocycles. The van der Waals surface area contributed by atoms with Crippen LogP contribution in [0.5, 0.6) is 0 Å². The van der Waals surface area contributed by atoms with Gasteiger partial charge in [0.05, 0.1) is 16.2 Å². The Bertz CT molecular complexity index is 1050. The first-order chi connectivity index (χ1) is 15.1. The molecule has 0 spiro atoms. The Morgan fingerprint density at radius 2 is 1.77 bits per heavy atom. The van der Waals surface area contributed by atoms with Gasteiger partial charge in [0.25, 0.3) is 5.91 Å². The number of pyridine rings is 1. The Labute approximate surface area is 189 Å². The predicted octanol–water partition coefficient (Wildman–Crippen LogP) is 5.71. The Morgan fingerprint density at radius 3 is 2.48 bits per heavy atom. The van der Waals surface area contributed by atoms with Crippen LogP contribution in [0.2, 0.25) is 5.02 Å². The number of carbonyl (C=O) groups is 1. The molecule has 4 nitrogen and oxygen atoms in total. The summed E-state index contributed by atoms with van der Waals surface area (Å²) >= 11 is 6.75. The summed E-state index contributed by atoms with van der Waals surface area (Å²) in [5.74, 6) is 0.135. The van der Waals surface area contributed by atoms with Gasteiger partial charge in [-0.3, -0.25) is 9.69 Å². The van der Waals surface area contributed by atoms with Gasteiger partial charge in [0.2, 0.25) is 0 Å². The van der Waals surface area contributed by atoms with E-state index in [0.29, 0.717) is 6.04 Å². The summed E-state index contributed by atoms with van der Waals surface area (Å²) in [6.45, 7) is 7.61. The fourth-order valence-electron chi connectivity index (χ4n) is 4.59. The lowest BCUT2D eigenvalue weighted by atomic mass is 10.0. The highest BCUT2D eigenvalue weighted by atomic mass is 35.5. The van der Waals surface area contributed by atoms with Crippen LogP contribution in [0.25, 0.3) is 10.9 Å². The molecular weight excluding hydrogens is 406 g/mol. The molecule has 162 valence electrons. The monoisotopic (exact) mass is 435 g/mol. The number of halogens is 1. The molecule has 4 rings (SSSR count). The molecule has 1 aromatic heterocycles. The number of rotatable bonds is 6. The maximum Gasteiger partial charge on any atom is 0.253 e. The number of amides is 1. The highest BCUT2D eigenvalue weighted by molar-refractivity contribution is 6.32. The molecule has 1 amide bonds. The molecule has 0 aliphatic carbocycles. The van der Waals surface area contributed by atoms with Gasteiger partial charge in [-0.25, -0.2) is 4.98 Å². The van der Waals surface area contributed by atoms with Crippen molar-refractivity contribution in [1.82, 2.24) is 14.8 Å². The SMILES string of the molecule is CCCN(Cc1nc2ccccc2c(C)c1Cl)C1CCN(C(=O)c2ccccc2)CC1. The summed E-state index contributed by atoms with van der Waals surface area (Å²) in [6, 6.07) is 18.2. The molecule has 3 aromatic rings. The third-order valence-corrected chi connectivity index (χ3v) is 6.80. The van der Waals surface area contributed by atoms with Crippen LogP contribution in [0, 0.1) is 6.92 Å². The molecule has 2 heterocycles. The number of piperidine rings is 1. The van der Waals surface area contributed by atoms with Gasteiger partial charge >= 0.3 is 0 Å². The standard InChI is InChI=1S/C26H30ClN3O/c1-3-15-30(18-24-25(27)19(2)22-11-7-8-12-23(22)28-24)21-13-16-29(17-14-21)26(31)20-9-5-4-6-10-20/h4-12,21H,3,13-18H2,1-2H3. The average molecular weight is 436 g/mol. The summed E-state index contributed by atoms with van der Waals surface area (Å²) < 4.78 is 0. The van der Waals surface area contributed by atoms with Crippen molar-refractivity contribution in [2.24, 2.45) is 0 Å². The van der Waals surface area contributed by atoms with Crippen LogP contribution in [-0.2, 0) is 6.54 Å². The van der Waals surface area contributed by atoms with E-state index < -0.39 is 0 Å². The normalized spacial score (nSPS) is 15.0. The number of carbonyl (C=O) groups excluding carboxylic acids is 1. The molecule has 5 heteroatoms. The van der Waals surface area contributed by atoms with Crippen molar-refractivity contribution >= 4 is 28.4 Å². The van der Waals surface area contributed by atoms with Crippen molar-refractivity contribution in [1.29, 1.82) is 0 Å². The molecule has 0 unspecified atom stereocenters. The number of fused-ring (bicyclic) bond motifs is 1. The number of nitrogens with zero attached hydrogens (tertiary/aromatic N) is 3. The molecule has 0 saturated carbocycles. The van der Waals surface area contributed by atoms with Gasteiger partial charge in [-0.05, 0) is 56.5 Å². The maximum atomic E-state index is 12.8. The lowest BCUT2D eigenvalue weighted by molar-refractivity contribution is 0.0605. The van der Waals surface area contributed by atoms with Gasteiger partial charge in [0, 0.05) is 36.6 Å². The van der Waals surface area contributed by atoms with Crippen molar-refractivity contribution in [3.05, 3.63) is 76.4 Å². The zero-order valence-corrected chi connectivity index (χ0v) is 19.1. The van der Waals surface area contributed by atoms with Gasteiger partial charge in [0.1, 0.15) is 0 Å². The van der Waals surface area contributed by atoms with Gasteiger partial charge in [0.15, 0.2) is 0 Å². The molecule has 0 N–H and O–H groups in total. The number of hydrogen-bond acceptors (Lipinski definition) is 3. The highest BCUT2D eigenvalue weighted by Gasteiger charge is 2.28. The Balaban J connectivity index is 1.47. The smallest absolute Gasteiger partial charge is 0.253 e. The quantitative estimate of drug-likeness (QED) is 0.497. The number of likely N-dealkylation sites (tertiary alicyclic amines) is 1. The minimum atomic E-state index is 0.135. The van der Waals surface area contributed by atoms with E-state index >= 15 is 0 Å². The second-order valence-electron chi connectivity index (χ2n) is 8.37. The summed E-state index contributed by atoms with van der Waals surface area (Å²) in [6.07, 6.45) is 3.03. The van der Waals surface area contributed by atoms with E-state index in [9.17, 15) is 4.79 Å². The first kappa shape index (κ1) is 21.8. The maximum absolute atomic E-state index is 12.8. The van der Waals surface area contributed by atoms with Crippen molar-refractivity contribution in [3.8, 4) is 0 Å². The van der Waals surface area contributed by atoms with E-state index in [1.54, 1.807) is 0 Å². The number of hydrogen-bond donors (Lipinski definition) is 0. The van der Waals surface area contributed by atoms with E-state index in [2.05, 4.69) is 30.9 Å². The van der Waals surface area contributed by atoms with Crippen LogP contribution in [0.4, 0.5) is 0 Å². The lowest BCUT2D eigenvalue weighted by Crippen LogP contribution is -2.46. The largest absolute Gasteiger partial charge is 0.339 e. The van der Waals surface area contributed by atoms with Gasteiger partial charge in [-0.1, -0.05) is 54.9 Å². The van der Waals surface area contributed by atoms with Gasteiger partial charge in [-0.15, -0.1) is 0 Å². The fraction of sp³-hybridized carbons (Fsp3) is 0.385. The van der Waals surface area contributed by atoms with Gasteiger partial charge in [-0.2, -0.15) is 0 Å². The average Bonchev–Trinajstić information content (AvgIpc) is 2.82. The predicted molar refractivity (Wildman–Crippen MR) is 128 cm³/mol. The number of aryl methyl sites for hydroxylation is 1. The molecule has 1 aliphatic heterocycles. The Hall–Kier alpha value is -2.43. The second kappa shape index (κ2) is 9.80. The van der Waals surface area contributed by atoms with Gasteiger partial charge < -0.3 is 4.90 Å².